The van der Waals surface area contributed by atoms with Crippen LogP contribution in [0.15, 0.2) is 42.5 Å². The molecule has 1 atom stereocenters. The molecule has 0 amide bonds. The number of hydrazine groups is 1. The van der Waals surface area contributed by atoms with E-state index < -0.39 is 0 Å². The lowest BCUT2D eigenvalue weighted by molar-refractivity contribution is 0.546. The molecule has 2 rings (SSSR count). The summed E-state index contributed by atoms with van der Waals surface area (Å²) in [6.45, 7) is 2.03. The highest BCUT2D eigenvalue weighted by Crippen LogP contribution is 2.24. The average molecular weight is 259 g/mol. The fourth-order valence-electron chi connectivity index (χ4n) is 2.18. The number of benzene rings is 2. The van der Waals surface area contributed by atoms with Crippen molar-refractivity contribution >= 4 is 5.69 Å². The van der Waals surface area contributed by atoms with Crippen molar-refractivity contribution in [3.8, 4) is 0 Å². The van der Waals surface area contributed by atoms with Gasteiger partial charge < -0.3 is 5.73 Å². The van der Waals surface area contributed by atoms with Crippen molar-refractivity contribution < 1.29 is 4.39 Å². The summed E-state index contributed by atoms with van der Waals surface area (Å²) in [6, 6.07) is 12.3. The Bertz CT molecular complexity index is 569. The third-order valence-corrected chi connectivity index (χ3v) is 3.15. The third kappa shape index (κ3) is 3.30. The van der Waals surface area contributed by atoms with Crippen molar-refractivity contribution in [1.82, 2.24) is 5.43 Å². The molecule has 3 nitrogen and oxygen atoms in total. The molecule has 100 valence electrons. The van der Waals surface area contributed by atoms with Crippen LogP contribution in [0.25, 0.3) is 0 Å². The van der Waals surface area contributed by atoms with Gasteiger partial charge in [-0.2, -0.15) is 0 Å². The number of hydrogen-bond acceptors (Lipinski definition) is 3. The summed E-state index contributed by atoms with van der Waals surface area (Å²) in [5, 5.41) is 0. The average Bonchev–Trinajstić information content (AvgIpc) is 2.39. The van der Waals surface area contributed by atoms with Crippen LogP contribution in [0.4, 0.5) is 10.1 Å². The Morgan fingerprint density at radius 1 is 1.21 bits per heavy atom. The van der Waals surface area contributed by atoms with E-state index >= 15 is 0 Å². The zero-order chi connectivity index (χ0) is 13.8. The lowest BCUT2D eigenvalue weighted by Crippen LogP contribution is -2.30. The van der Waals surface area contributed by atoms with Crippen molar-refractivity contribution in [3.63, 3.8) is 0 Å². The van der Waals surface area contributed by atoms with Crippen molar-refractivity contribution in [2.75, 3.05) is 5.73 Å². The van der Waals surface area contributed by atoms with Crippen LogP contribution in [0.2, 0.25) is 0 Å². The monoisotopic (exact) mass is 259 g/mol. The van der Waals surface area contributed by atoms with E-state index in [1.807, 2.05) is 25.1 Å². The Labute approximate surface area is 112 Å². The number of nitrogens with two attached hydrogens (primary N) is 2. The quantitative estimate of drug-likeness (QED) is 0.449. The Balaban J connectivity index is 2.27. The highest BCUT2D eigenvalue weighted by atomic mass is 19.1. The first-order chi connectivity index (χ1) is 9.10. The first-order valence-electron chi connectivity index (χ1n) is 6.16. The molecule has 0 radical (unpaired) electrons. The topological polar surface area (TPSA) is 64.1 Å². The third-order valence-electron chi connectivity index (χ3n) is 3.15. The van der Waals surface area contributed by atoms with Crippen molar-refractivity contribution in [1.29, 1.82) is 0 Å². The fourth-order valence-corrected chi connectivity index (χ4v) is 2.18. The molecule has 0 aliphatic heterocycles. The van der Waals surface area contributed by atoms with Gasteiger partial charge in [0.2, 0.25) is 0 Å². The molecule has 0 bridgehead atoms. The highest BCUT2D eigenvalue weighted by Gasteiger charge is 2.14. The van der Waals surface area contributed by atoms with E-state index in [0.717, 1.165) is 5.56 Å². The minimum Gasteiger partial charge on any atom is -0.398 e. The molecule has 2 aromatic rings. The van der Waals surface area contributed by atoms with Gasteiger partial charge in [-0.1, -0.05) is 29.8 Å². The van der Waals surface area contributed by atoms with Crippen molar-refractivity contribution in [2.24, 2.45) is 5.84 Å². The van der Waals surface area contributed by atoms with Gasteiger partial charge >= 0.3 is 0 Å². The normalized spacial score (nSPS) is 12.4. The van der Waals surface area contributed by atoms with E-state index in [9.17, 15) is 4.39 Å². The van der Waals surface area contributed by atoms with E-state index in [0.29, 0.717) is 17.7 Å². The molecular weight excluding hydrogens is 241 g/mol. The van der Waals surface area contributed by atoms with E-state index in [1.165, 1.54) is 17.7 Å². The zero-order valence-electron chi connectivity index (χ0n) is 10.9. The molecule has 5 N–H and O–H groups in total. The molecular formula is C15H18FN3. The minimum absolute atomic E-state index is 0.211. The first-order valence-corrected chi connectivity index (χ1v) is 6.16. The lowest BCUT2D eigenvalue weighted by atomic mass is 9.97. The second-order valence-corrected chi connectivity index (χ2v) is 4.69. The van der Waals surface area contributed by atoms with Gasteiger partial charge in [0.1, 0.15) is 5.82 Å². The predicted octanol–water partition coefficient (Wildman–Crippen LogP) is 2.46. The van der Waals surface area contributed by atoms with Crippen LogP contribution < -0.4 is 17.0 Å². The van der Waals surface area contributed by atoms with Crippen LogP contribution in [0.3, 0.4) is 0 Å². The van der Waals surface area contributed by atoms with Gasteiger partial charge in [0.15, 0.2) is 0 Å². The second kappa shape index (κ2) is 5.82. The summed E-state index contributed by atoms with van der Waals surface area (Å²) in [5.41, 5.74) is 12.1. The Kier molecular flexibility index (Phi) is 4.14. The maximum Gasteiger partial charge on any atom is 0.123 e. The van der Waals surface area contributed by atoms with Gasteiger partial charge in [0, 0.05) is 5.69 Å². The van der Waals surface area contributed by atoms with Crippen molar-refractivity contribution in [3.05, 3.63) is 65.0 Å². The van der Waals surface area contributed by atoms with Gasteiger partial charge in [-0.3, -0.25) is 11.3 Å². The van der Waals surface area contributed by atoms with E-state index in [1.54, 1.807) is 6.07 Å². The molecule has 1 unspecified atom stereocenters. The number of hydrogen-bond donors (Lipinski definition) is 3. The summed E-state index contributed by atoms with van der Waals surface area (Å²) in [5.74, 6) is 5.27. The Morgan fingerprint density at radius 2 is 2.00 bits per heavy atom. The van der Waals surface area contributed by atoms with Crippen molar-refractivity contribution in [2.45, 2.75) is 19.4 Å². The number of nitrogens with one attached hydrogen (secondary N) is 1. The zero-order valence-corrected chi connectivity index (χ0v) is 10.9. The predicted molar refractivity (Wildman–Crippen MR) is 75.8 cm³/mol. The molecule has 2 aromatic carbocycles. The standard InChI is InChI=1S/C15H18FN3/c1-10-3-2-4-11(7-10)8-15(19-18)13-9-12(16)5-6-14(13)17/h2-7,9,15,19H,8,17-18H2,1H3. The summed E-state index contributed by atoms with van der Waals surface area (Å²) in [6.07, 6.45) is 0.659. The van der Waals surface area contributed by atoms with E-state index in [2.05, 4.69) is 11.5 Å². The molecule has 19 heavy (non-hydrogen) atoms. The molecule has 0 heterocycles. The fraction of sp³-hybridized carbons (Fsp3) is 0.200. The van der Waals surface area contributed by atoms with Gasteiger partial charge in [0.25, 0.3) is 0 Å². The number of aryl methyl sites for hydroxylation is 1. The SMILES string of the molecule is Cc1cccc(CC(NN)c2cc(F)ccc2N)c1. The van der Waals surface area contributed by atoms with E-state index in [4.69, 9.17) is 11.6 Å². The van der Waals surface area contributed by atoms with E-state index in [-0.39, 0.29) is 11.9 Å². The summed E-state index contributed by atoms with van der Waals surface area (Å²) >= 11 is 0. The van der Waals surface area contributed by atoms with Gasteiger partial charge in [-0.05, 0) is 42.7 Å². The Hall–Kier alpha value is -1.91. The van der Waals surface area contributed by atoms with Crippen LogP contribution in [0, 0.1) is 12.7 Å². The molecule has 0 aliphatic rings. The summed E-state index contributed by atoms with van der Waals surface area (Å²) in [7, 11) is 0. The van der Waals surface area contributed by atoms with Crippen LogP contribution in [-0.4, -0.2) is 0 Å². The first kappa shape index (κ1) is 13.5. The molecule has 0 aliphatic carbocycles. The molecule has 0 fully saturated rings. The molecule has 0 saturated heterocycles. The van der Waals surface area contributed by atoms with Crippen LogP contribution in [0.5, 0.6) is 0 Å². The Morgan fingerprint density at radius 3 is 2.68 bits per heavy atom. The van der Waals surface area contributed by atoms with Gasteiger partial charge in [-0.25, -0.2) is 4.39 Å². The van der Waals surface area contributed by atoms with Gasteiger partial charge in [0.05, 0.1) is 6.04 Å². The number of anilines is 1. The van der Waals surface area contributed by atoms with Crippen LogP contribution in [-0.2, 0) is 6.42 Å². The molecule has 0 saturated carbocycles. The number of rotatable bonds is 4. The molecule has 4 heteroatoms. The molecule has 0 aromatic heterocycles. The summed E-state index contributed by atoms with van der Waals surface area (Å²) < 4.78 is 13.3. The maximum atomic E-state index is 13.3. The van der Waals surface area contributed by atoms with Crippen LogP contribution in [0.1, 0.15) is 22.7 Å². The highest BCUT2D eigenvalue weighted by molar-refractivity contribution is 5.49. The number of halogens is 1. The van der Waals surface area contributed by atoms with Crippen LogP contribution >= 0.6 is 0 Å². The summed E-state index contributed by atoms with van der Waals surface area (Å²) in [4.78, 5) is 0. The second-order valence-electron chi connectivity index (χ2n) is 4.69. The number of nitrogen functional groups attached to an aromatic ring is 1. The molecule has 0 spiro atoms. The van der Waals surface area contributed by atoms with Gasteiger partial charge in [-0.15, -0.1) is 0 Å². The maximum absolute atomic E-state index is 13.3. The minimum atomic E-state index is -0.311. The largest absolute Gasteiger partial charge is 0.398 e. The smallest absolute Gasteiger partial charge is 0.123 e. The lowest BCUT2D eigenvalue weighted by Gasteiger charge is -2.18.